The van der Waals surface area contributed by atoms with Crippen molar-refractivity contribution in [2.45, 2.75) is 44.9 Å². The molecule has 0 spiro atoms. The number of carbonyl (C=O) groups excluding carboxylic acids is 3. The molecular weight excluding hydrogens is 436 g/mol. The third-order valence-corrected chi connectivity index (χ3v) is 6.85. The van der Waals surface area contributed by atoms with Crippen LogP contribution in [-0.4, -0.2) is 63.7 Å². The van der Waals surface area contributed by atoms with E-state index in [0.717, 1.165) is 30.6 Å². The molecule has 1 N–H and O–H groups in total. The molecule has 0 radical (unpaired) electrons. The molecule has 1 aliphatic carbocycles. The van der Waals surface area contributed by atoms with E-state index in [-0.39, 0.29) is 18.2 Å². The van der Waals surface area contributed by atoms with Gasteiger partial charge in [-0.05, 0) is 43.7 Å². The highest BCUT2D eigenvalue weighted by Gasteiger charge is 2.61. The van der Waals surface area contributed by atoms with Crippen molar-refractivity contribution in [3.05, 3.63) is 41.6 Å². The summed E-state index contributed by atoms with van der Waals surface area (Å²) in [4.78, 5) is 41.4. The Morgan fingerprint density at radius 1 is 1.18 bits per heavy atom. The number of esters is 1. The molecular formula is C26H36N2O6. The number of nitrogens with zero attached hydrogens (tertiary/aromatic N) is 1. The molecule has 1 fully saturated rings. The molecule has 0 bridgehead atoms. The first kappa shape index (κ1) is 25.7. The Hall–Kier alpha value is -2.87. The smallest absolute Gasteiger partial charge is 0.318 e. The molecule has 2 aliphatic rings. The van der Waals surface area contributed by atoms with Crippen LogP contribution in [0.3, 0.4) is 0 Å². The van der Waals surface area contributed by atoms with Crippen molar-refractivity contribution < 1.29 is 28.6 Å². The van der Waals surface area contributed by atoms with E-state index in [1.807, 2.05) is 30.3 Å². The first-order valence-electron chi connectivity index (χ1n) is 12.0. The molecule has 2 amide bonds. The van der Waals surface area contributed by atoms with Crippen LogP contribution < -0.4 is 10.1 Å². The predicted molar refractivity (Wildman–Crippen MR) is 127 cm³/mol. The van der Waals surface area contributed by atoms with Gasteiger partial charge in [-0.3, -0.25) is 14.4 Å². The number of hydrogen-bond acceptors (Lipinski definition) is 6. The summed E-state index contributed by atoms with van der Waals surface area (Å²) >= 11 is 0. The largest absolute Gasteiger partial charge is 0.496 e. The van der Waals surface area contributed by atoms with Gasteiger partial charge in [0, 0.05) is 38.9 Å². The first-order valence-corrected chi connectivity index (χ1v) is 12.0. The Morgan fingerprint density at radius 3 is 2.71 bits per heavy atom. The summed E-state index contributed by atoms with van der Waals surface area (Å²) in [6.07, 6.45) is 6.20. The monoisotopic (exact) mass is 472 g/mol. The molecule has 0 aromatic heterocycles. The Bertz CT molecular complexity index is 914. The van der Waals surface area contributed by atoms with E-state index in [0.29, 0.717) is 44.7 Å². The zero-order chi connectivity index (χ0) is 24.6. The van der Waals surface area contributed by atoms with Crippen LogP contribution in [0.2, 0.25) is 0 Å². The molecule has 186 valence electrons. The number of hydrogen-bond donors (Lipinski definition) is 1. The van der Waals surface area contributed by atoms with E-state index in [2.05, 4.69) is 5.32 Å². The van der Waals surface area contributed by atoms with E-state index in [9.17, 15) is 14.4 Å². The van der Waals surface area contributed by atoms with Gasteiger partial charge in [-0.15, -0.1) is 0 Å². The second-order valence-electron chi connectivity index (χ2n) is 8.80. The first-order chi connectivity index (χ1) is 16.5. The van der Waals surface area contributed by atoms with Gasteiger partial charge in [0.15, 0.2) is 0 Å². The van der Waals surface area contributed by atoms with Gasteiger partial charge in [-0.1, -0.05) is 30.7 Å². The lowest BCUT2D eigenvalue weighted by Gasteiger charge is -2.31. The van der Waals surface area contributed by atoms with Crippen molar-refractivity contribution in [1.82, 2.24) is 10.2 Å². The minimum Gasteiger partial charge on any atom is -0.496 e. The molecule has 1 saturated heterocycles. The lowest BCUT2D eigenvalue weighted by molar-refractivity contribution is -0.155. The lowest BCUT2D eigenvalue weighted by atomic mass is 9.71. The number of likely N-dealkylation sites (tertiary alicyclic amines) is 1. The highest BCUT2D eigenvalue weighted by molar-refractivity contribution is 5.98. The summed E-state index contributed by atoms with van der Waals surface area (Å²) in [6.45, 7) is 1.37. The van der Waals surface area contributed by atoms with E-state index in [4.69, 9.17) is 14.2 Å². The van der Waals surface area contributed by atoms with Crippen molar-refractivity contribution in [2.24, 2.45) is 11.3 Å². The zero-order valence-corrected chi connectivity index (χ0v) is 20.4. The highest BCUT2D eigenvalue weighted by atomic mass is 16.5. The number of allylic oxidation sites excluding steroid dienone is 1. The average Bonchev–Trinajstić information content (AvgIpc) is 2.98. The maximum Gasteiger partial charge on any atom is 0.318 e. The molecule has 8 heteroatoms. The third kappa shape index (κ3) is 5.27. The van der Waals surface area contributed by atoms with Crippen molar-refractivity contribution in [2.75, 3.05) is 41.0 Å². The van der Waals surface area contributed by atoms with Crippen molar-refractivity contribution >= 4 is 17.8 Å². The summed E-state index contributed by atoms with van der Waals surface area (Å²) in [5, 5.41) is 2.93. The van der Waals surface area contributed by atoms with Crippen LogP contribution in [0.15, 0.2) is 36.0 Å². The Balaban J connectivity index is 1.77. The fourth-order valence-corrected chi connectivity index (χ4v) is 5.21. The third-order valence-electron chi connectivity index (χ3n) is 6.85. The number of fused-ring (bicyclic) bond motifs is 1. The number of benzene rings is 1. The zero-order valence-electron chi connectivity index (χ0n) is 20.4. The molecule has 1 aromatic carbocycles. The van der Waals surface area contributed by atoms with Gasteiger partial charge in [-0.2, -0.15) is 0 Å². The van der Waals surface area contributed by atoms with E-state index < -0.39 is 17.3 Å². The summed E-state index contributed by atoms with van der Waals surface area (Å²) < 4.78 is 15.7. The van der Waals surface area contributed by atoms with E-state index >= 15 is 0 Å². The van der Waals surface area contributed by atoms with E-state index in [1.165, 1.54) is 7.11 Å². The molecule has 3 rings (SSSR count). The molecule has 34 heavy (non-hydrogen) atoms. The number of nitrogens with one attached hydrogen (secondary N) is 1. The number of methoxy groups -OCH3 is 3. The maximum absolute atomic E-state index is 13.6. The fraction of sp³-hybridized carbons (Fsp3) is 0.577. The standard InChI is InChI=1S/C26H36N2O6/c1-32-17-9-16-28-22-12-5-4-8-14-26(22,25(31)34-3)20(24(28)30)18-23(29)27-15-13-19-10-6-7-11-21(19)33-2/h6-7,10-12,20H,4-5,8-9,13-18H2,1-3H3,(H,27,29)/t20-,26+/m0/s1. The molecule has 0 unspecified atom stereocenters. The van der Waals surface area contributed by atoms with Crippen molar-refractivity contribution in [3.63, 3.8) is 0 Å². The molecule has 1 heterocycles. The summed E-state index contributed by atoms with van der Waals surface area (Å²) in [5.41, 5.74) is 0.575. The highest BCUT2D eigenvalue weighted by Crippen LogP contribution is 2.52. The maximum atomic E-state index is 13.6. The average molecular weight is 473 g/mol. The molecule has 1 aromatic rings. The van der Waals surface area contributed by atoms with Gasteiger partial charge in [0.2, 0.25) is 11.8 Å². The van der Waals surface area contributed by atoms with Gasteiger partial charge in [0.25, 0.3) is 0 Å². The summed E-state index contributed by atoms with van der Waals surface area (Å²) in [6, 6.07) is 7.66. The van der Waals surface area contributed by atoms with Crippen LogP contribution in [0, 0.1) is 11.3 Å². The van der Waals surface area contributed by atoms with Gasteiger partial charge in [0.1, 0.15) is 11.2 Å². The Labute approximate surface area is 201 Å². The van der Waals surface area contributed by atoms with Gasteiger partial charge in [0.05, 0.1) is 20.1 Å². The second kappa shape index (κ2) is 12.0. The predicted octanol–water partition coefficient (Wildman–Crippen LogP) is 2.86. The van der Waals surface area contributed by atoms with Crippen LogP contribution >= 0.6 is 0 Å². The lowest BCUT2D eigenvalue weighted by Crippen LogP contribution is -2.41. The number of amides is 2. The minimum absolute atomic E-state index is 0.0576. The number of ether oxygens (including phenoxy) is 3. The summed E-state index contributed by atoms with van der Waals surface area (Å²) in [7, 11) is 4.58. The quantitative estimate of drug-likeness (QED) is 0.393. The van der Waals surface area contributed by atoms with Crippen molar-refractivity contribution in [3.8, 4) is 5.75 Å². The Morgan fingerprint density at radius 2 is 1.97 bits per heavy atom. The fourth-order valence-electron chi connectivity index (χ4n) is 5.21. The van der Waals surface area contributed by atoms with Crippen LogP contribution in [0.4, 0.5) is 0 Å². The summed E-state index contributed by atoms with van der Waals surface area (Å²) in [5.74, 6) is -0.881. The number of para-hydroxylation sites is 1. The second-order valence-corrected chi connectivity index (χ2v) is 8.80. The molecule has 8 nitrogen and oxygen atoms in total. The number of carbonyl (C=O) groups is 3. The van der Waals surface area contributed by atoms with Gasteiger partial charge < -0.3 is 24.4 Å². The Kier molecular flexibility index (Phi) is 9.10. The molecule has 1 aliphatic heterocycles. The topological polar surface area (TPSA) is 94.2 Å². The normalized spacial score (nSPS) is 22.0. The molecule has 2 atom stereocenters. The van der Waals surface area contributed by atoms with Crippen molar-refractivity contribution in [1.29, 1.82) is 0 Å². The minimum atomic E-state index is -1.12. The van der Waals surface area contributed by atoms with Crippen LogP contribution in [-0.2, 0) is 30.3 Å². The molecule has 0 saturated carbocycles. The van der Waals surface area contributed by atoms with Crippen LogP contribution in [0.5, 0.6) is 5.75 Å². The van der Waals surface area contributed by atoms with Gasteiger partial charge in [-0.25, -0.2) is 0 Å². The van der Waals surface area contributed by atoms with E-state index in [1.54, 1.807) is 19.1 Å². The SMILES string of the molecule is COCCCN1C(=O)[C@H](CC(=O)NCCc2ccccc2OC)[C@]2(C(=O)OC)CCCCC=C12. The van der Waals surface area contributed by atoms with Crippen LogP contribution in [0.1, 0.15) is 44.1 Å². The number of rotatable bonds is 11. The van der Waals surface area contributed by atoms with Crippen LogP contribution in [0.25, 0.3) is 0 Å². The van der Waals surface area contributed by atoms with Gasteiger partial charge >= 0.3 is 5.97 Å².